The molecule has 0 unspecified atom stereocenters. The minimum absolute atomic E-state index is 0.0659. The Hall–Kier alpha value is -2.87. The van der Waals surface area contributed by atoms with Gasteiger partial charge >= 0.3 is 0 Å². The van der Waals surface area contributed by atoms with Crippen LogP contribution >= 0.6 is 0 Å². The van der Waals surface area contributed by atoms with Gasteiger partial charge in [0.05, 0.1) is 16.8 Å². The Labute approximate surface area is 172 Å². The number of hydrogen-bond acceptors (Lipinski definition) is 5. The van der Waals surface area contributed by atoms with Gasteiger partial charge in [-0.15, -0.1) is 0 Å². The average molecular weight is 415 g/mol. The monoisotopic (exact) mass is 414 g/mol. The lowest BCUT2D eigenvalue weighted by Crippen LogP contribution is -2.48. The average Bonchev–Trinajstić information content (AvgIpc) is 2.73. The predicted octanol–water partition coefficient (Wildman–Crippen LogP) is 2.84. The lowest BCUT2D eigenvalue weighted by Gasteiger charge is -2.34. The smallest absolute Gasteiger partial charge is 0.261 e. The highest BCUT2D eigenvalue weighted by Crippen LogP contribution is 2.21. The molecule has 0 spiro atoms. The van der Waals surface area contributed by atoms with Crippen molar-refractivity contribution in [1.29, 1.82) is 0 Å². The molecular formula is C21H26N4O3S. The molecule has 2 heterocycles. The third-order valence-electron chi connectivity index (χ3n) is 4.95. The van der Waals surface area contributed by atoms with Crippen molar-refractivity contribution in [3.63, 3.8) is 0 Å². The van der Waals surface area contributed by atoms with E-state index >= 15 is 0 Å². The van der Waals surface area contributed by atoms with E-state index in [0.717, 1.165) is 11.4 Å². The number of sulfonamides is 1. The molecule has 3 rings (SSSR count). The molecule has 1 fully saturated rings. The number of aromatic nitrogens is 1. The fourth-order valence-electron chi connectivity index (χ4n) is 3.16. The summed E-state index contributed by atoms with van der Waals surface area (Å²) in [7, 11) is -3.67. The van der Waals surface area contributed by atoms with Crippen molar-refractivity contribution in [2.45, 2.75) is 24.7 Å². The topological polar surface area (TPSA) is 82.6 Å². The summed E-state index contributed by atoms with van der Waals surface area (Å²) in [4.78, 5) is 20.1. The molecule has 154 valence electrons. The summed E-state index contributed by atoms with van der Waals surface area (Å²) in [6.07, 6.45) is 2.84. The van der Waals surface area contributed by atoms with E-state index in [1.54, 1.807) is 29.2 Å². The molecule has 29 heavy (non-hydrogen) atoms. The molecule has 1 aliphatic rings. The van der Waals surface area contributed by atoms with Crippen LogP contribution in [-0.2, 0) is 14.8 Å². The van der Waals surface area contributed by atoms with Crippen molar-refractivity contribution in [2.24, 2.45) is 0 Å². The van der Waals surface area contributed by atoms with Gasteiger partial charge in [0.15, 0.2) is 0 Å². The first-order chi connectivity index (χ1) is 13.8. The van der Waals surface area contributed by atoms with Crippen molar-refractivity contribution in [1.82, 2.24) is 9.88 Å². The summed E-state index contributed by atoms with van der Waals surface area (Å²) in [5, 5.41) is 0. The van der Waals surface area contributed by atoms with Gasteiger partial charge in [-0.2, -0.15) is 0 Å². The summed E-state index contributed by atoms with van der Waals surface area (Å²) in [5.74, 6) is 1.02. The van der Waals surface area contributed by atoms with Gasteiger partial charge in [-0.1, -0.05) is 32.6 Å². The number of carbonyl (C=O) groups is 1. The van der Waals surface area contributed by atoms with Crippen LogP contribution in [0.2, 0.25) is 0 Å². The number of piperazine rings is 1. The Morgan fingerprint density at radius 3 is 2.28 bits per heavy atom. The largest absolute Gasteiger partial charge is 0.353 e. The summed E-state index contributed by atoms with van der Waals surface area (Å²) >= 11 is 0. The molecule has 8 heteroatoms. The normalized spacial score (nSPS) is 14.7. The maximum atomic E-state index is 12.6. The van der Waals surface area contributed by atoms with E-state index in [9.17, 15) is 13.2 Å². The fraction of sp³-hybridized carbons (Fsp3) is 0.333. The van der Waals surface area contributed by atoms with E-state index in [2.05, 4.69) is 35.0 Å². The number of pyridine rings is 1. The number of nitrogens with zero attached hydrogens (tertiary/aromatic N) is 3. The van der Waals surface area contributed by atoms with Gasteiger partial charge in [-0.3, -0.25) is 9.52 Å². The number of hydrogen-bond donors (Lipinski definition) is 1. The quantitative estimate of drug-likeness (QED) is 0.735. The second-order valence-electron chi connectivity index (χ2n) is 7.25. The minimum atomic E-state index is -3.67. The first-order valence-electron chi connectivity index (χ1n) is 9.55. The number of benzene rings is 1. The van der Waals surface area contributed by atoms with E-state index in [0.29, 0.717) is 37.8 Å². The Morgan fingerprint density at radius 2 is 1.76 bits per heavy atom. The Balaban J connectivity index is 1.64. The second-order valence-corrected chi connectivity index (χ2v) is 8.93. The molecule has 0 atom stereocenters. The third-order valence-corrected chi connectivity index (χ3v) is 6.34. The molecule has 0 radical (unpaired) electrons. The molecule has 1 amide bonds. The van der Waals surface area contributed by atoms with Crippen LogP contribution in [0.15, 0.2) is 60.1 Å². The SMILES string of the molecule is C=CC(=O)N1CCN(c2ccc(NS(=O)(=O)c3ccc(C(C)C)cc3)cn2)CC1. The summed E-state index contributed by atoms with van der Waals surface area (Å²) < 4.78 is 27.8. The van der Waals surface area contributed by atoms with Gasteiger partial charge in [0.25, 0.3) is 10.0 Å². The van der Waals surface area contributed by atoms with Crippen molar-refractivity contribution in [3.05, 3.63) is 60.8 Å². The molecule has 1 N–H and O–H groups in total. The second kappa shape index (κ2) is 8.65. The molecule has 1 aliphatic heterocycles. The summed E-state index contributed by atoms with van der Waals surface area (Å²) in [6, 6.07) is 10.4. The van der Waals surface area contributed by atoms with E-state index in [-0.39, 0.29) is 10.8 Å². The standard InChI is InChI=1S/C21H26N4O3S/c1-4-21(26)25-13-11-24(12-14-25)20-10-7-18(15-22-20)23-29(27,28)19-8-5-17(6-9-19)16(2)3/h4-10,15-16,23H,1,11-14H2,2-3H3. The number of rotatable bonds is 6. The first-order valence-corrected chi connectivity index (χ1v) is 11.0. The fourth-order valence-corrected chi connectivity index (χ4v) is 4.21. The highest BCUT2D eigenvalue weighted by Gasteiger charge is 2.20. The van der Waals surface area contributed by atoms with Crippen LogP contribution in [0.4, 0.5) is 11.5 Å². The van der Waals surface area contributed by atoms with Crippen LogP contribution in [0.25, 0.3) is 0 Å². The molecule has 7 nitrogen and oxygen atoms in total. The van der Waals surface area contributed by atoms with E-state index in [1.807, 2.05) is 12.1 Å². The van der Waals surface area contributed by atoms with Gasteiger partial charge in [-0.05, 0) is 41.8 Å². The number of carbonyl (C=O) groups excluding carboxylic acids is 1. The van der Waals surface area contributed by atoms with Crippen molar-refractivity contribution < 1.29 is 13.2 Å². The van der Waals surface area contributed by atoms with E-state index in [1.165, 1.54) is 12.3 Å². The molecular weight excluding hydrogens is 388 g/mol. The highest BCUT2D eigenvalue weighted by atomic mass is 32.2. The molecule has 0 saturated carbocycles. The molecule has 1 aromatic carbocycles. The van der Waals surface area contributed by atoms with Crippen LogP contribution in [-0.4, -0.2) is 50.4 Å². The maximum absolute atomic E-state index is 12.6. The van der Waals surface area contributed by atoms with Crippen LogP contribution < -0.4 is 9.62 Å². The zero-order valence-corrected chi connectivity index (χ0v) is 17.5. The summed E-state index contributed by atoms with van der Waals surface area (Å²) in [5.41, 5.74) is 1.49. The number of amides is 1. The van der Waals surface area contributed by atoms with E-state index in [4.69, 9.17) is 0 Å². The van der Waals surface area contributed by atoms with Crippen molar-refractivity contribution in [2.75, 3.05) is 35.8 Å². The minimum Gasteiger partial charge on any atom is -0.353 e. The predicted molar refractivity (Wildman–Crippen MR) is 115 cm³/mol. The van der Waals surface area contributed by atoms with E-state index < -0.39 is 10.0 Å². The third kappa shape index (κ3) is 4.95. The molecule has 2 aromatic rings. The summed E-state index contributed by atoms with van der Waals surface area (Å²) in [6.45, 7) is 10.2. The van der Waals surface area contributed by atoms with Crippen LogP contribution in [0, 0.1) is 0 Å². The Bertz CT molecular complexity index is 962. The first kappa shape index (κ1) is 20.9. The van der Waals surface area contributed by atoms with Gasteiger partial charge < -0.3 is 9.80 Å². The Morgan fingerprint density at radius 1 is 1.10 bits per heavy atom. The van der Waals surface area contributed by atoms with Gasteiger partial charge in [0.1, 0.15) is 5.82 Å². The zero-order valence-electron chi connectivity index (χ0n) is 16.7. The molecule has 1 saturated heterocycles. The van der Waals surface area contributed by atoms with Gasteiger partial charge in [0.2, 0.25) is 5.91 Å². The van der Waals surface area contributed by atoms with Crippen LogP contribution in [0.3, 0.4) is 0 Å². The lowest BCUT2D eigenvalue weighted by molar-refractivity contribution is -0.126. The molecule has 1 aromatic heterocycles. The number of nitrogens with one attached hydrogen (secondary N) is 1. The van der Waals surface area contributed by atoms with Crippen molar-refractivity contribution in [3.8, 4) is 0 Å². The maximum Gasteiger partial charge on any atom is 0.261 e. The van der Waals surface area contributed by atoms with Crippen LogP contribution in [0.1, 0.15) is 25.3 Å². The number of anilines is 2. The van der Waals surface area contributed by atoms with Gasteiger partial charge in [-0.25, -0.2) is 13.4 Å². The zero-order chi connectivity index (χ0) is 21.0. The highest BCUT2D eigenvalue weighted by molar-refractivity contribution is 7.92. The van der Waals surface area contributed by atoms with Crippen LogP contribution in [0.5, 0.6) is 0 Å². The van der Waals surface area contributed by atoms with Gasteiger partial charge in [0, 0.05) is 26.2 Å². The molecule has 0 bridgehead atoms. The lowest BCUT2D eigenvalue weighted by atomic mass is 10.0. The molecule has 0 aliphatic carbocycles. The Kier molecular flexibility index (Phi) is 6.22. The van der Waals surface area contributed by atoms with Crippen molar-refractivity contribution >= 4 is 27.4 Å².